The zero-order chi connectivity index (χ0) is 18.5. The van der Waals surface area contributed by atoms with Crippen LogP contribution in [0.25, 0.3) is 10.9 Å². The molecular formula is C21H22N2O2S. The van der Waals surface area contributed by atoms with Crippen molar-refractivity contribution in [2.24, 2.45) is 0 Å². The van der Waals surface area contributed by atoms with E-state index in [0.717, 1.165) is 17.6 Å². The molecule has 0 aliphatic heterocycles. The Morgan fingerprint density at radius 1 is 1.12 bits per heavy atom. The van der Waals surface area contributed by atoms with Crippen molar-refractivity contribution in [3.63, 3.8) is 0 Å². The topological polar surface area (TPSA) is 53.2 Å². The van der Waals surface area contributed by atoms with E-state index in [1.165, 1.54) is 16.5 Å². The van der Waals surface area contributed by atoms with Crippen LogP contribution >= 0.6 is 11.8 Å². The number of aromatic amines is 1. The Morgan fingerprint density at radius 3 is 2.62 bits per heavy atom. The Bertz CT molecular complexity index is 964. The third-order valence-corrected chi connectivity index (χ3v) is 5.35. The second-order valence-corrected chi connectivity index (χ2v) is 7.50. The average Bonchev–Trinajstić information content (AvgIpc) is 2.65. The van der Waals surface area contributed by atoms with Gasteiger partial charge in [-0.1, -0.05) is 35.9 Å². The Balaban J connectivity index is 1.61. The third kappa shape index (κ3) is 4.35. The Hall–Kier alpha value is -2.53. The number of hydrogen-bond donors (Lipinski definition) is 1. The number of nitrogens with zero attached hydrogens (tertiary/aromatic N) is 1. The highest BCUT2D eigenvalue weighted by Gasteiger charge is 2.15. The van der Waals surface area contributed by atoms with Gasteiger partial charge in [-0.15, -0.1) is 11.8 Å². The van der Waals surface area contributed by atoms with Crippen LogP contribution < -0.4 is 5.56 Å². The predicted molar refractivity (Wildman–Crippen MR) is 108 cm³/mol. The van der Waals surface area contributed by atoms with Gasteiger partial charge in [-0.2, -0.15) is 0 Å². The first-order valence-electron chi connectivity index (χ1n) is 8.61. The molecule has 1 N–H and O–H groups in total. The first-order chi connectivity index (χ1) is 12.5. The molecule has 26 heavy (non-hydrogen) atoms. The van der Waals surface area contributed by atoms with Crippen LogP contribution in [0.5, 0.6) is 0 Å². The molecule has 1 heterocycles. The summed E-state index contributed by atoms with van der Waals surface area (Å²) in [6.45, 7) is 2.73. The molecule has 0 fully saturated rings. The van der Waals surface area contributed by atoms with Crippen LogP contribution in [0.1, 0.15) is 22.3 Å². The van der Waals surface area contributed by atoms with Crippen LogP contribution in [0.2, 0.25) is 0 Å². The van der Waals surface area contributed by atoms with E-state index >= 15 is 0 Å². The second-order valence-electron chi connectivity index (χ2n) is 6.33. The van der Waals surface area contributed by atoms with Gasteiger partial charge in [0.05, 0.1) is 5.56 Å². The molecule has 1 aromatic heterocycles. The number of carbonyl (C=O) groups excluding carboxylic acids is 1. The Labute approximate surface area is 157 Å². The highest BCUT2D eigenvalue weighted by atomic mass is 32.2. The summed E-state index contributed by atoms with van der Waals surface area (Å²) in [5.74, 6) is 0.823. The van der Waals surface area contributed by atoms with Crippen LogP contribution in [0.4, 0.5) is 0 Å². The highest BCUT2D eigenvalue weighted by Crippen LogP contribution is 2.20. The molecule has 0 spiro atoms. The van der Waals surface area contributed by atoms with Gasteiger partial charge in [0, 0.05) is 35.5 Å². The number of benzene rings is 2. The summed E-state index contributed by atoms with van der Waals surface area (Å²) in [4.78, 5) is 30.3. The van der Waals surface area contributed by atoms with E-state index in [9.17, 15) is 9.59 Å². The van der Waals surface area contributed by atoms with E-state index in [-0.39, 0.29) is 11.5 Å². The van der Waals surface area contributed by atoms with Crippen LogP contribution in [0.15, 0.2) is 64.3 Å². The smallest absolute Gasteiger partial charge is 0.254 e. The van der Waals surface area contributed by atoms with Gasteiger partial charge in [0.25, 0.3) is 5.91 Å². The van der Waals surface area contributed by atoms with Crippen molar-refractivity contribution < 1.29 is 4.79 Å². The van der Waals surface area contributed by atoms with Gasteiger partial charge in [0.2, 0.25) is 5.56 Å². The molecule has 2 aromatic carbocycles. The SMILES string of the molecule is Cc1ccc(SCCCN(C)C(=O)c2cc(=O)[nH]c3ccccc23)cc1. The van der Waals surface area contributed by atoms with E-state index in [2.05, 4.69) is 36.2 Å². The molecule has 134 valence electrons. The third-order valence-electron chi connectivity index (χ3n) is 4.26. The molecule has 0 aliphatic carbocycles. The molecule has 4 nitrogen and oxygen atoms in total. The average molecular weight is 366 g/mol. The van der Waals surface area contributed by atoms with Gasteiger partial charge in [-0.05, 0) is 37.3 Å². The number of amides is 1. The van der Waals surface area contributed by atoms with Crippen molar-refractivity contribution in [1.29, 1.82) is 0 Å². The fraction of sp³-hybridized carbons (Fsp3) is 0.238. The van der Waals surface area contributed by atoms with Crippen LogP contribution in [-0.4, -0.2) is 35.1 Å². The summed E-state index contributed by atoms with van der Waals surface area (Å²) in [6, 6.07) is 17.2. The van der Waals surface area contributed by atoms with Gasteiger partial charge in [-0.3, -0.25) is 9.59 Å². The second kappa shape index (κ2) is 8.23. The maximum Gasteiger partial charge on any atom is 0.254 e. The number of carbonyl (C=O) groups is 1. The summed E-state index contributed by atoms with van der Waals surface area (Å²) in [6.07, 6.45) is 0.891. The number of para-hydroxylation sites is 1. The maximum atomic E-state index is 12.8. The lowest BCUT2D eigenvalue weighted by Gasteiger charge is -2.18. The number of aromatic nitrogens is 1. The molecular weight excluding hydrogens is 344 g/mol. The fourth-order valence-electron chi connectivity index (χ4n) is 2.81. The molecule has 3 aromatic rings. The number of pyridine rings is 1. The summed E-state index contributed by atoms with van der Waals surface area (Å²) >= 11 is 1.79. The van der Waals surface area contributed by atoms with Crippen molar-refractivity contribution in [1.82, 2.24) is 9.88 Å². The molecule has 0 aliphatic rings. The van der Waals surface area contributed by atoms with Crippen molar-refractivity contribution in [2.45, 2.75) is 18.2 Å². The lowest BCUT2D eigenvalue weighted by atomic mass is 10.1. The summed E-state index contributed by atoms with van der Waals surface area (Å²) in [5.41, 5.74) is 2.14. The maximum absolute atomic E-state index is 12.8. The van der Waals surface area contributed by atoms with E-state index in [1.54, 1.807) is 23.7 Å². The standard InChI is InChI=1S/C21H22N2O2S/c1-15-8-10-16(11-9-15)26-13-5-12-23(2)21(25)18-14-20(24)22-19-7-4-3-6-17(18)19/h3-4,6-11,14H,5,12-13H2,1-2H3,(H,22,24). The van der Waals surface area contributed by atoms with Crippen molar-refractivity contribution in [3.05, 3.63) is 76.1 Å². The minimum absolute atomic E-state index is 0.118. The van der Waals surface area contributed by atoms with Crippen molar-refractivity contribution in [3.8, 4) is 0 Å². The van der Waals surface area contributed by atoms with Crippen LogP contribution in [0, 0.1) is 6.92 Å². The Kier molecular flexibility index (Phi) is 5.78. The van der Waals surface area contributed by atoms with E-state index in [1.807, 2.05) is 24.3 Å². The first-order valence-corrected chi connectivity index (χ1v) is 9.60. The quantitative estimate of drug-likeness (QED) is 0.528. The molecule has 0 saturated carbocycles. The number of thioether (sulfide) groups is 1. The summed E-state index contributed by atoms with van der Waals surface area (Å²) < 4.78 is 0. The molecule has 0 saturated heterocycles. The molecule has 0 radical (unpaired) electrons. The summed E-state index contributed by atoms with van der Waals surface area (Å²) in [7, 11) is 1.79. The number of rotatable bonds is 6. The van der Waals surface area contributed by atoms with Gasteiger partial charge < -0.3 is 9.88 Å². The molecule has 3 rings (SSSR count). The number of nitrogens with one attached hydrogen (secondary N) is 1. The number of H-pyrrole nitrogens is 1. The van der Waals surface area contributed by atoms with Crippen LogP contribution in [0.3, 0.4) is 0 Å². The fourth-order valence-corrected chi connectivity index (χ4v) is 3.65. The molecule has 0 atom stereocenters. The van der Waals surface area contributed by atoms with Crippen molar-refractivity contribution in [2.75, 3.05) is 19.3 Å². The van der Waals surface area contributed by atoms with Gasteiger partial charge in [0.15, 0.2) is 0 Å². The lowest BCUT2D eigenvalue weighted by molar-refractivity contribution is 0.0797. The normalized spacial score (nSPS) is 10.8. The van der Waals surface area contributed by atoms with Gasteiger partial charge in [0.1, 0.15) is 0 Å². The molecule has 5 heteroatoms. The molecule has 0 unspecified atom stereocenters. The molecule has 0 bridgehead atoms. The molecule has 1 amide bonds. The van der Waals surface area contributed by atoms with Gasteiger partial charge >= 0.3 is 0 Å². The lowest BCUT2D eigenvalue weighted by Crippen LogP contribution is -2.29. The van der Waals surface area contributed by atoms with Crippen LogP contribution in [-0.2, 0) is 0 Å². The number of fused-ring (bicyclic) bond motifs is 1. The summed E-state index contributed by atoms with van der Waals surface area (Å²) in [5, 5.41) is 0.776. The highest BCUT2D eigenvalue weighted by molar-refractivity contribution is 7.99. The van der Waals surface area contributed by atoms with Crippen molar-refractivity contribution >= 4 is 28.6 Å². The van der Waals surface area contributed by atoms with E-state index in [0.29, 0.717) is 17.6 Å². The Morgan fingerprint density at radius 2 is 1.85 bits per heavy atom. The number of hydrogen-bond acceptors (Lipinski definition) is 3. The predicted octanol–water partition coefficient (Wildman–Crippen LogP) is 4.09. The largest absolute Gasteiger partial charge is 0.342 e. The number of aryl methyl sites for hydroxylation is 1. The van der Waals surface area contributed by atoms with E-state index < -0.39 is 0 Å². The first kappa shape index (κ1) is 18.3. The zero-order valence-electron chi connectivity index (χ0n) is 15.0. The minimum Gasteiger partial charge on any atom is -0.342 e. The monoisotopic (exact) mass is 366 g/mol. The zero-order valence-corrected chi connectivity index (χ0v) is 15.8. The minimum atomic E-state index is -0.254. The van der Waals surface area contributed by atoms with E-state index in [4.69, 9.17) is 0 Å². The van der Waals surface area contributed by atoms with Gasteiger partial charge in [-0.25, -0.2) is 0 Å².